The Morgan fingerprint density at radius 3 is 2.73 bits per heavy atom. The lowest BCUT2D eigenvalue weighted by molar-refractivity contribution is -0.385. The molecule has 0 aromatic heterocycles. The number of hydrogen-bond donors (Lipinski definition) is 1. The number of rotatable bonds is 4. The number of benzene rings is 1. The summed E-state index contributed by atoms with van der Waals surface area (Å²) in [4.78, 5) is 10.4. The molecule has 0 radical (unpaired) electrons. The van der Waals surface area contributed by atoms with Crippen molar-refractivity contribution in [3.05, 3.63) is 39.4 Å². The van der Waals surface area contributed by atoms with E-state index in [2.05, 4.69) is 0 Å². The summed E-state index contributed by atoms with van der Waals surface area (Å²) in [5.74, 6) is 0. The summed E-state index contributed by atoms with van der Waals surface area (Å²) < 4.78 is 0. The van der Waals surface area contributed by atoms with Crippen LogP contribution < -0.4 is 5.73 Å². The standard InChI is InChI=1S/C11H16N2O2/c1-8-3-5-10(6-4-9(2)12)7-11(8)13(14)15/h3,5,7,9H,4,6,12H2,1-2H3/t9-/m1/s1. The van der Waals surface area contributed by atoms with E-state index in [1.807, 2.05) is 13.0 Å². The molecule has 2 N–H and O–H groups in total. The van der Waals surface area contributed by atoms with E-state index in [1.54, 1.807) is 19.1 Å². The SMILES string of the molecule is Cc1ccc(CC[C@@H](C)N)cc1[N+](=O)[O-]. The van der Waals surface area contributed by atoms with Crippen molar-refractivity contribution >= 4 is 5.69 Å². The Balaban J connectivity index is 2.83. The number of nitro benzene ring substituents is 1. The van der Waals surface area contributed by atoms with Gasteiger partial charge in [0.05, 0.1) is 4.92 Å². The molecule has 1 rings (SSSR count). The van der Waals surface area contributed by atoms with E-state index in [0.29, 0.717) is 5.56 Å². The van der Waals surface area contributed by atoms with Crippen LogP contribution in [0.5, 0.6) is 0 Å². The summed E-state index contributed by atoms with van der Waals surface area (Å²) >= 11 is 0. The third-order valence-corrected chi connectivity index (χ3v) is 2.36. The molecule has 1 aromatic rings. The maximum Gasteiger partial charge on any atom is 0.272 e. The first-order chi connectivity index (χ1) is 7.00. The lowest BCUT2D eigenvalue weighted by Crippen LogP contribution is -2.15. The van der Waals surface area contributed by atoms with E-state index in [4.69, 9.17) is 5.73 Å². The second-order valence-electron chi connectivity index (χ2n) is 3.89. The Bertz CT molecular complexity index is 362. The van der Waals surface area contributed by atoms with Crippen molar-refractivity contribution in [2.45, 2.75) is 32.7 Å². The van der Waals surface area contributed by atoms with Crippen molar-refractivity contribution in [3.8, 4) is 0 Å². The number of nitrogens with zero attached hydrogens (tertiary/aromatic N) is 1. The van der Waals surface area contributed by atoms with Crippen LogP contribution in [-0.4, -0.2) is 11.0 Å². The van der Waals surface area contributed by atoms with Crippen LogP contribution in [0.2, 0.25) is 0 Å². The fourth-order valence-corrected chi connectivity index (χ4v) is 1.40. The van der Waals surface area contributed by atoms with Crippen molar-refractivity contribution in [2.75, 3.05) is 0 Å². The molecule has 0 fully saturated rings. The predicted octanol–water partition coefficient (Wildman–Crippen LogP) is 2.18. The minimum absolute atomic E-state index is 0.130. The first-order valence-corrected chi connectivity index (χ1v) is 5.00. The predicted molar refractivity (Wildman–Crippen MR) is 59.8 cm³/mol. The Labute approximate surface area is 89.2 Å². The smallest absolute Gasteiger partial charge is 0.272 e. The van der Waals surface area contributed by atoms with Gasteiger partial charge in [0, 0.05) is 17.7 Å². The molecule has 82 valence electrons. The van der Waals surface area contributed by atoms with Gasteiger partial charge < -0.3 is 5.73 Å². The minimum Gasteiger partial charge on any atom is -0.328 e. The van der Waals surface area contributed by atoms with Gasteiger partial charge in [-0.05, 0) is 32.3 Å². The molecule has 0 saturated heterocycles. The topological polar surface area (TPSA) is 69.2 Å². The van der Waals surface area contributed by atoms with Gasteiger partial charge in [0.15, 0.2) is 0 Å². The van der Waals surface area contributed by atoms with Gasteiger partial charge in [0.25, 0.3) is 5.69 Å². The number of nitro groups is 1. The average molecular weight is 208 g/mol. The van der Waals surface area contributed by atoms with Crippen LogP contribution in [0.3, 0.4) is 0 Å². The van der Waals surface area contributed by atoms with Crippen LogP contribution >= 0.6 is 0 Å². The highest BCUT2D eigenvalue weighted by molar-refractivity contribution is 5.42. The molecule has 0 heterocycles. The van der Waals surface area contributed by atoms with E-state index in [9.17, 15) is 10.1 Å². The highest BCUT2D eigenvalue weighted by atomic mass is 16.6. The van der Waals surface area contributed by atoms with Gasteiger partial charge in [-0.25, -0.2) is 0 Å². The average Bonchev–Trinajstić information content (AvgIpc) is 2.16. The molecule has 0 aliphatic rings. The van der Waals surface area contributed by atoms with Gasteiger partial charge in [-0.3, -0.25) is 10.1 Å². The molecule has 1 aromatic carbocycles. The Kier molecular flexibility index (Phi) is 3.80. The van der Waals surface area contributed by atoms with Gasteiger partial charge >= 0.3 is 0 Å². The number of aryl methyl sites for hydroxylation is 2. The largest absolute Gasteiger partial charge is 0.328 e. The molecule has 4 nitrogen and oxygen atoms in total. The van der Waals surface area contributed by atoms with Crippen LogP contribution in [-0.2, 0) is 6.42 Å². The maximum atomic E-state index is 10.7. The maximum absolute atomic E-state index is 10.7. The highest BCUT2D eigenvalue weighted by Gasteiger charge is 2.10. The van der Waals surface area contributed by atoms with E-state index in [0.717, 1.165) is 18.4 Å². The van der Waals surface area contributed by atoms with E-state index in [1.165, 1.54) is 0 Å². The molecule has 0 unspecified atom stereocenters. The zero-order chi connectivity index (χ0) is 11.4. The lowest BCUT2D eigenvalue weighted by atomic mass is 10.0. The fraction of sp³-hybridized carbons (Fsp3) is 0.455. The van der Waals surface area contributed by atoms with E-state index >= 15 is 0 Å². The Hall–Kier alpha value is -1.42. The summed E-state index contributed by atoms with van der Waals surface area (Å²) in [5.41, 5.74) is 7.50. The molecule has 0 aliphatic carbocycles. The zero-order valence-electron chi connectivity index (χ0n) is 9.06. The molecule has 1 atom stereocenters. The summed E-state index contributed by atoms with van der Waals surface area (Å²) in [6.07, 6.45) is 1.64. The zero-order valence-corrected chi connectivity index (χ0v) is 9.06. The monoisotopic (exact) mass is 208 g/mol. The molecule has 0 aliphatic heterocycles. The van der Waals surface area contributed by atoms with Crippen molar-refractivity contribution in [1.82, 2.24) is 0 Å². The summed E-state index contributed by atoms with van der Waals surface area (Å²) in [6.45, 7) is 3.68. The van der Waals surface area contributed by atoms with Crippen LogP contribution in [0, 0.1) is 17.0 Å². The quantitative estimate of drug-likeness (QED) is 0.609. The molecule has 15 heavy (non-hydrogen) atoms. The summed E-state index contributed by atoms with van der Waals surface area (Å²) in [7, 11) is 0. The van der Waals surface area contributed by atoms with Crippen LogP contribution in [0.1, 0.15) is 24.5 Å². The van der Waals surface area contributed by atoms with Crippen molar-refractivity contribution in [1.29, 1.82) is 0 Å². The first-order valence-electron chi connectivity index (χ1n) is 5.00. The van der Waals surface area contributed by atoms with Crippen molar-refractivity contribution < 1.29 is 4.92 Å². The Morgan fingerprint density at radius 1 is 1.53 bits per heavy atom. The molecule has 0 amide bonds. The van der Waals surface area contributed by atoms with E-state index < -0.39 is 0 Å². The van der Waals surface area contributed by atoms with Crippen LogP contribution in [0.15, 0.2) is 18.2 Å². The molecule has 4 heteroatoms. The Morgan fingerprint density at radius 2 is 2.20 bits per heavy atom. The van der Waals surface area contributed by atoms with Crippen LogP contribution in [0.4, 0.5) is 5.69 Å². The molecule has 0 bridgehead atoms. The first kappa shape index (κ1) is 11.7. The molecular weight excluding hydrogens is 192 g/mol. The summed E-state index contributed by atoms with van der Waals surface area (Å²) in [6, 6.07) is 5.47. The molecule has 0 saturated carbocycles. The molecular formula is C11H16N2O2. The van der Waals surface area contributed by atoms with Gasteiger partial charge in [-0.15, -0.1) is 0 Å². The van der Waals surface area contributed by atoms with Crippen molar-refractivity contribution in [2.24, 2.45) is 5.73 Å². The third-order valence-electron chi connectivity index (χ3n) is 2.36. The second kappa shape index (κ2) is 4.89. The van der Waals surface area contributed by atoms with Gasteiger partial charge in [-0.1, -0.05) is 12.1 Å². The van der Waals surface area contributed by atoms with Crippen LogP contribution in [0.25, 0.3) is 0 Å². The second-order valence-corrected chi connectivity index (χ2v) is 3.89. The third kappa shape index (κ3) is 3.32. The normalized spacial score (nSPS) is 12.5. The van der Waals surface area contributed by atoms with Crippen molar-refractivity contribution in [3.63, 3.8) is 0 Å². The van der Waals surface area contributed by atoms with Gasteiger partial charge in [-0.2, -0.15) is 0 Å². The minimum atomic E-state index is -0.343. The lowest BCUT2D eigenvalue weighted by Gasteiger charge is -2.05. The molecule has 0 spiro atoms. The number of hydrogen-bond acceptors (Lipinski definition) is 3. The number of nitrogens with two attached hydrogens (primary N) is 1. The fourth-order valence-electron chi connectivity index (χ4n) is 1.40. The van der Waals surface area contributed by atoms with Gasteiger partial charge in [0.2, 0.25) is 0 Å². The van der Waals surface area contributed by atoms with E-state index in [-0.39, 0.29) is 16.7 Å². The van der Waals surface area contributed by atoms with Gasteiger partial charge in [0.1, 0.15) is 0 Å². The highest BCUT2D eigenvalue weighted by Crippen LogP contribution is 2.20. The summed E-state index contributed by atoms with van der Waals surface area (Å²) in [5, 5.41) is 10.7.